The zero-order valence-corrected chi connectivity index (χ0v) is 11.5. The molecule has 1 atom stereocenters. The fourth-order valence-corrected chi connectivity index (χ4v) is 2.45. The number of hydrogen-bond donors (Lipinski definition) is 0. The van der Waals surface area contributed by atoms with Gasteiger partial charge in [0.2, 0.25) is 0 Å². The first kappa shape index (κ1) is 13.2. The van der Waals surface area contributed by atoms with Crippen LogP contribution in [0.15, 0.2) is 54.6 Å². The minimum absolute atomic E-state index is 0.463. The molecule has 2 rings (SSSR count). The highest BCUT2D eigenvalue weighted by molar-refractivity contribution is 6.17. The lowest BCUT2D eigenvalue weighted by molar-refractivity contribution is 0.701. The van der Waals surface area contributed by atoms with Crippen molar-refractivity contribution in [1.82, 2.24) is 0 Å². The van der Waals surface area contributed by atoms with Gasteiger partial charge < -0.3 is 0 Å². The van der Waals surface area contributed by atoms with Gasteiger partial charge in [0.1, 0.15) is 0 Å². The van der Waals surface area contributed by atoms with Crippen molar-refractivity contribution < 1.29 is 0 Å². The Labute approximate surface area is 115 Å². The van der Waals surface area contributed by atoms with Crippen molar-refractivity contribution in [1.29, 1.82) is 0 Å². The summed E-state index contributed by atoms with van der Waals surface area (Å²) >= 11 is 5.85. The quantitative estimate of drug-likeness (QED) is 0.651. The molecule has 2 aromatic rings. The summed E-state index contributed by atoms with van der Waals surface area (Å²) in [6.45, 7) is 2.13. The summed E-state index contributed by atoms with van der Waals surface area (Å²) < 4.78 is 0. The van der Waals surface area contributed by atoms with E-state index in [0.717, 1.165) is 18.7 Å². The minimum atomic E-state index is 0.463. The average Bonchev–Trinajstić information content (AvgIpc) is 2.42. The highest BCUT2D eigenvalue weighted by atomic mass is 35.5. The van der Waals surface area contributed by atoms with Crippen LogP contribution in [0.25, 0.3) is 0 Å². The topological polar surface area (TPSA) is 0 Å². The predicted octanol–water partition coefficient (Wildman–Crippen LogP) is 5.15. The van der Waals surface area contributed by atoms with Crippen molar-refractivity contribution in [3.05, 3.63) is 71.3 Å². The molecule has 18 heavy (non-hydrogen) atoms. The molecule has 0 radical (unpaired) electrons. The summed E-state index contributed by atoms with van der Waals surface area (Å²) in [7, 11) is 0. The summed E-state index contributed by atoms with van der Waals surface area (Å²) in [4.78, 5) is 0. The molecule has 0 aliphatic heterocycles. The van der Waals surface area contributed by atoms with Gasteiger partial charge in [-0.25, -0.2) is 0 Å². The molecule has 94 valence electrons. The number of hydrogen-bond acceptors (Lipinski definition) is 0. The van der Waals surface area contributed by atoms with Crippen LogP contribution in [0.3, 0.4) is 0 Å². The fraction of sp³-hybridized carbons (Fsp3) is 0.294. The molecule has 0 aromatic heterocycles. The highest BCUT2D eigenvalue weighted by Gasteiger charge is 2.13. The van der Waals surface area contributed by atoms with Crippen LogP contribution in [-0.4, -0.2) is 5.88 Å². The smallest absolute Gasteiger partial charge is 0.0223 e. The van der Waals surface area contributed by atoms with Crippen LogP contribution in [0.5, 0.6) is 0 Å². The molecular weight excluding hydrogens is 240 g/mol. The third kappa shape index (κ3) is 3.36. The predicted molar refractivity (Wildman–Crippen MR) is 79.4 cm³/mol. The van der Waals surface area contributed by atoms with Gasteiger partial charge in [0.05, 0.1) is 0 Å². The van der Waals surface area contributed by atoms with Crippen LogP contribution in [0.4, 0.5) is 0 Å². The Bertz CT molecular complexity index is 459. The molecule has 0 heterocycles. The molecule has 2 aromatic carbocycles. The molecule has 0 amide bonds. The minimum Gasteiger partial charge on any atom is -0.127 e. The van der Waals surface area contributed by atoms with E-state index < -0.39 is 0 Å². The van der Waals surface area contributed by atoms with Crippen LogP contribution in [-0.2, 0) is 0 Å². The summed E-state index contributed by atoms with van der Waals surface area (Å²) in [5.74, 6) is 1.19. The van der Waals surface area contributed by atoms with Crippen molar-refractivity contribution in [3.8, 4) is 0 Å². The van der Waals surface area contributed by atoms with Gasteiger partial charge in [-0.2, -0.15) is 0 Å². The fourth-order valence-electron chi connectivity index (χ4n) is 2.29. The third-order valence-electron chi connectivity index (χ3n) is 3.31. The van der Waals surface area contributed by atoms with Crippen LogP contribution in [0, 0.1) is 6.92 Å². The Balaban J connectivity index is 2.27. The van der Waals surface area contributed by atoms with Crippen LogP contribution < -0.4 is 0 Å². The van der Waals surface area contributed by atoms with E-state index in [4.69, 9.17) is 11.6 Å². The Kier molecular flexibility index (Phi) is 4.83. The number of aryl methyl sites for hydroxylation is 1. The Morgan fingerprint density at radius 1 is 0.889 bits per heavy atom. The lowest BCUT2D eigenvalue weighted by Gasteiger charge is -2.17. The lowest BCUT2D eigenvalue weighted by Crippen LogP contribution is -2.01. The zero-order chi connectivity index (χ0) is 12.8. The average molecular weight is 259 g/mol. The van der Waals surface area contributed by atoms with E-state index >= 15 is 0 Å². The molecule has 1 heteroatoms. The van der Waals surface area contributed by atoms with E-state index in [2.05, 4.69) is 61.5 Å². The first-order valence-electron chi connectivity index (χ1n) is 6.48. The second kappa shape index (κ2) is 6.61. The van der Waals surface area contributed by atoms with Crippen molar-refractivity contribution >= 4 is 11.6 Å². The van der Waals surface area contributed by atoms with E-state index in [-0.39, 0.29) is 0 Å². The standard InChI is InChI=1S/C17H19Cl/c1-14-9-11-16(12-10-14)17(8-5-13-18)15-6-3-2-4-7-15/h2-4,6-7,9-12,17H,5,8,13H2,1H3. The van der Waals surface area contributed by atoms with Gasteiger partial charge in [-0.1, -0.05) is 60.2 Å². The number of benzene rings is 2. The number of alkyl halides is 1. The maximum atomic E-state index is 5.85. The van der Waals surface area contributed by atoms with Gasteiger partial charge in [0.25, 0.3) is 0 Å². The SMILES string of the molecule is Cc1ccc(C(CCCCl)c2ccccc2)cc1. The largest absolute Gasteiger partial charge is 0.127 e. The van der Waals surface area contributed by atoms with E-state index in [1.807, 2.05) is 0 Å². The summed E-state index contributed by atoms with van der Waals surface area (Å²) in [6, 6.07) is 19.5. The van der Waals surface area contributed by atoms with Crippen molar-refractivity contribution in [2.24, 2.45) is 0 Å². The number of rotatable bonds is 5. The summed E-state index contributed by atoms with van der Waals surface area (Å²) in [5.41, 5.74) is 4.08. The van der Waals surface area contributed by atoms with E-state index in [9.17, 15) is 0 Å². The molecule has 0 saturated heterocycles. The Morgan fingerprint density at radius 3 is 2.11 bits per heavy atom. The van der Waals surface area contributed by atoms with Crippen molar-refractivity contribution in [2.45, 2.75) is 25.7 Å². The molecule has 0 spiro atoms. The Hall–Kier alpha value is -1.27. The number of halogens is 1. The molecule has 0 fully saturated rings. The Morgan fingerprint density at radius 2 is 1.50 bits per heavy atom. The van der Waals surface area contributed by atoms with Crippen LogP contribution in [0.1, 0.15) is 35.4 Å². The molecule has 0 N–H and O–H groups in total. The van der Waals surface area contributed by atoms with Gasteiger partial charge in [-0.3, -0.25) is 0 Å². The van der Waals surface area contributed by atoms with Gasteiger partial charge >= 0.3 is 0 Å². The first-order valence-corrected chi connectivity index (χ1v) is 7.02. The monoisotopic (exact) mass is 258 g/mol. The van der Waals surface area contributed by atoms with Crippen molar-refractivity contribution in [3.63, 3.8) is 0 Å². The normalized spacial score (nSPS) is 12.3. The van der Waals surface area contributed by atoms with Crippen LogP contribution >= 0.6 is 11.6 Å². The van der Waals surface area contributed by atoms with Crippen molar-refractivity contribution in [2.75, 3.05) is 5.88 Å². The summed E-state index contributed by atoms with van der Waals surface area (Å²) in [5, 5.41) is 0. The van der Waals surface area contributed by atoms with Gasteiger partial charge in [-0.15, -0.1) is 11.6 Å². The second-order valence-electron chi connectivity index (χ2n) is 4.71. The molecule has 0 bridgehead atoms. The maximum absolute atomic E-state index is 5.85. The molecule has 0 aliphatic rings. The molecule has 1 unspecified atom stereocenters. The van der Waals surface area contributed by atoms with Crippen LogP contribution in [0.2, 0.25) is 0 Å². The molecular formula is C17H19Cl. The molecule has 0 saturated carbocycles. The van der Waals surface area contributed by atoms with E-state index in [1.165, 1.54) is 16.7 Å². The third-order valence-corrected chi connectivity index (χ3v) is 3.58. The van der Waals surface area contributed by atoms with E-state index in [0.29, 0.717) is 5.92 Å². The molecule has 0 nitrogen and oxygen atoms in total. The first-order chi connectivity index (χ1) is 8.81. The summed E-state index contributed by atoms with van der Waals surface area (Å²) in [6.07, 6.45) is 2.16. The lowest BCUT2D eigenvalue weighted by atomic mass is 9.87. The highest BCUT2D eigenvalue weighted by Crippen LogP contribution is 2.29. The van der Waals surface area contributed by atoms with Gasteiger partial charge in [0, 0.05) is 11.8 Å². The van der Waals surface area contributed by atoms with Gasteiger partial charge in [-0.05, 0) is 30.9 Å². The molecule has 0 aliphatic carbocycles. The van der Waals surface area contributed by atoms with Gasteiger partial charge in [0.15, 0.2) is 0 Å². The zero-order valence-electron chi connectivity index (χ0n) is 10.8. The second-order valence-corrected chi connectivity index (χ2v) is 5.08. The maximum Gasteiger partial charge on any atom is 0.0223 e. The van der Waals surface area contributed by atoms with E-state index in [1.54, 1.807) is 0 Å².